The van der Waals surface area contributed by atoms with E-state index in [1.807, 2.05) is 0 Å². The maximum atomic E-state index is 13.2. The Morgan fingerprint density at radius 3 is 2.76 bits per heavy atom. The lowest BCUT2D eigenvalue weighted by Crippen LogP contribution is -2.45. The third-order valence-corrected chi connectivity index (χ3v) is 5.84. The van der Waals surface area contributed by atoms with E-state index >= 15 is 0 Å². The van der Waals surface area contributed by atoms with Crippen LogP contribution in [0.15, 0.2) is 16.8 Å². The molecule has 1 aliphatic carbocycles. The standard InChI is InChI=1S/C17H26N2OS/c1-3-7-14(4-2)19-15(13-8-11-21-12-13)18-17(16(19)20)9-5-6-10-17/h8,11-12,14-15,18H,3-7,9-10H2,1-2H3. The van der Waals surface area contributed by atoms with E-state index in [0.29, 0.717) is 11.9 Å². The van der Waals surface area contributed by atoms with Gasteiger partial charge in [0.15, 0.2) is 0 Å². The molecule has 2 fully saturated rings. The predicted molar refractivity (Wildman–Crippen MR) is 87.2 cm³/mol. The van der Waals surface area contributed by atoms with Gasteiger partial charge in [-0.3, -0.25) is 10.1 Å². The molecule has 2 aliphatic rings. The quantitative estimate of drug-likeness (QED) is 0.889. The molecule has 21 heavy (non-hydrogen) atoms. The molecule has 1 aromatic heterocycles. The van der Waals surface area contributed by atoms with E-state index in [0.717, 1.165) is 32.1 Å². The Balaban J connectivity index is 1.94. The molecule has 2 unspecified atom stereocenters. The van der Waals surface area contributed by atoms with E-state index in [1.54, 1.807) is 11.3 Å². The zero-order chi connectivity index (χ0) is 14.9. The van der Waals surface area contributed by atoms with E-state index < -0.39 is 0 Å². The summed E-state index contributed by atoms with van der Waals surface area (Å²) in [6.45, 7) is 4.42. The Labute approximate surface area is 131 Å². The zero-order valence-corrected chi connectivity index (χ0v) is 13.9. The average molecular weight is 306 g/mol. The minimum absolute atomic E-state index is 0.0818. The van der Waals surface area contributed by atoms with Crippen LogP contribution >= 0.6 is 11.3 Å². The Bertz CT molecular complexity index is 479. The summed E-state index contributed by atoms with van der Waals surface area (Å²) in [5.41, 5.74) is 0.986. The van der Waals surface area contributed by atoms with Crippen molar-refractivity contribution in [2.45, 2.75) is 76.5 Å². The first kappa shape index (κ1) is 15.0. The molecule has 0 bridgehead atoms. The number of amides is 1. The molecule has 1 amide bonds. The molecule has 1 aromatic rings. The summed E-state index contributed by atoms with van der Waals surface area (Å²) in [5.74, 6) is 0.358. The lowest BCUT2D eigenvalue weighted by Gasteiger charge is -2.32. The van der Waals surface area contributed by atoms with Gasteiger partial charge in [0, 0.05) is 6.04 Å². The number of rotatable bonds is 5. The van der Waals surface area contributed by atoms with E-state index in [9.17, 15) is 4.79 Å². The lowest BCUT2D eigenvalue weighted by atomic mass is 9.97. The highest BCUT2D eigenvalue weighted by Crippen LogP contribution is 2.43. The summed E-state index contributed by atoms with van der Waals surface area (Å²) in [7, 11) is 0. The van der Waals surface area contributed by atoms with Crippen molar-refractivity contribution in [3.8, 4) is 0 Å². The van der Waals surface area contributed by atoms with Gasteiger partial charge in [-0.15, -0.1) is 0 Å². The Morgan fingerprint density at radius 2 is 2.19 bits per heavy atom. The van der Waals surface area contributed by atoms with Gasteiger partial charge in [0.25, 0.3) is 0 Å². The largest absolute Gasteiger partial charge is 0.318 e. The van der Waals surface area contributed by atoms with Crippen molar-refractivity contribution in [3.05, 3.63) is 22.4 Å². The van der Waals surface area contributed by atoms with E-state index in [4.69, 9.17) is 0 Å². The van der Waals surface area contributed by atoms with Gasteiger partial charge in [-0.2, -0.15) is 11.3 Å². The highest BCUT2D eigenvalue weighted by atomic mass is 32.1. The number of nitrogens with one attached hydrogen (secondary N) is 1. The molecule has 2 atom stereocenters. The van der Waals surface area contributed by atoms with Crippen LogP contribution in [0, 0.1) is 0 Å². The highest BCUT2D eigenvalue weighted by Gasteiger charge is 2.53. The van der Waals surface area contributed by atoms with Gasteiger partial charge >= 0.3 is 0 Å². The molecule has 2 heterocycles. The molecular weight excluding hydrogens is 280 g/mol. The first-order chi connectivity index (χ1) is 10.2. The summed E-state index contributed by atoms with van der Waals surface area (Å²) in [6, 6.07) is 2.52. The van der Waals surface area contributed by atoms with Crippen molar-refractivity contribution < 1.29 is 4.79 Å². The van der Waals surface area contributed by atoms with E-state index in [1.165, 1.54) is 18.4 Å². The second-order valence-corrected chi connectivity index (χ2v) is 7.24. The molecule has 3 rings (SSSR count). The number of nitrogens with zero attached hydrogens (tertiary/aromatic N) is 1. The van der Waals surface area contributed by atoms with E-state index in [2.05, 4.69) is 40.9 Å². The van der Waals surface area contributed by atoms with Crippen LogP contribution in [0.2, 0.25) is 0 Å². The molecule has 1 saturated carbocycles. The molecule has 3 nitrogen and oxygen atoms in total. The van der Waals surface area contributed by atoms with Crippen molar-refractivity contribution in [2.24, 2.45) is 0 Å². The van der Waals surface area contributed by atoms with Crippen LogP contribution in [-0.4, -0.2) is 22.4 Å². The summed E-state index contributed by atoms with van der Waals surface area (Å²) < 4.78 is 0. The minimum Gasteiger partial charge on any atom is -0.318 e. The summed E-state index contributed by atoms with van der Waals surface area (Å²) in [5, 5.41) is 8.02. The smallest absolute Gasteiger partial charge is 0.244 e. The fourth-order valence-electron chi connectivity index (χ4n) is 4.02. The van der Waals surface area contributed by atoms with Gasteiger partial charge < -0.3 is 4.90 Å². The van der Waals surface area contributed by atoms with Crippen LogP contribution in [0.1, 0.15) is 70.5 Å². The third-order valence-electron chi connectivity index (χ3n) is 5.14. The van der Waals surface area contributed by atoms with Crippen LogP contribution in [0.5, 0.6) is 0 Å². The second kappa shape index (κ2) is 6.09. The van der Waals surface area contributed by atoms with Crippen molar-refractivity contribution in [3.63, 3.8) is 0 Å². The van der Waals surface area contributed by atoms with Crippen LogP contribution in [0.25, 0.3) is 0 Å². The molecule has 4 heteroatoms. The first-order valence-corrected chi connectivity index (χ1v) is 9.28. The van der Waals surface area contributed by atoms with Gasteiger partial charge in [-0.25, -0.2) is 0 Å². The molecule has 1 aliphatic heterocycles. The van der Waals surface area contributed by atoms with Crippen molar-refractivity contribution in [1.82, 2.24) is 10.2 Å². The number of hydrogen-bond acceptors (Lipinski definition) is 3. The summed E-state index contributed by atoms with van der Waals surface area (Å²) in [6.07, 6.45) is 7.71. The Morgan fingerprint density at radius 1 is 1.43 bits per heavy atom. The summed E-state index contributed by atoms with van der Waals surface area (Å²) >= 11 is 1.72. The van der Waals surface area contributed by atoms with Gasteiger partial charge in [0.1, 0.15) is 6.17 Å². The molecular formula is C17H26N2OS. The maximum Gasteiger partial charge on any atom is 0.244 e. The van der Waals surface area contributed by atoms with Gasteiger partial charge in [0.2, 0.25) is 5.91 Å². The topological polar surface area (TPSA) is 32.3 Å². The van der Waals surface area contributed by atoms with E-state index in [-0.39, 0.29) is 11.7 Å². The molecule has 1 N–H and O–H groups in total. The monoisotopic (exact) mass is 306 g/mol. The van der Waals surface area contributed by atoms with Crippen LogP contribution < -0.4 is 5.32 Å². The summed E-state index contributed by atoms with van der Waals surface area (Å²) in [4.78, 5) is 15.4. The lowest BCUT2D eigenvalue weighted by molar-refractivity contribution is -0.135. The highest BCUT2D eigenvalue weighted by molar-refractivity contribution is 7.07. The minimum atomic E-state index is -0.270. The molecule has 116 valence electrons. The fourth-order valence-corrected chi connectivity index (χ4v) is 4.70. The predicted octanol–water partition coefficient (Wildman–Crippen LogP) is 4.07. The zero-order valence-electron chi connectivity index (χ0n) is 13.1. The number of carbonyl (C=O) groups excluding carboxylic acids is 1. The van der Waals surface area contributed by atoms with Crippen LogP contribution in [0.3, 0.4) is 0 Å². The van der Waals surface area contributed by atoms with Crippen LogP contribution in [0.4, 0.5) is 0 Å². The molecule has 1 saturated heterocycles. The first-order valence-electron chi connectivity index (χ1n) is 8.34. The number of hydrogen-bond donors (Lipinski definition) is 1. The SMILES string of the molecule is CCCC(CC)N1C(=O)C2(CCCC2)NC1c1ccsc1. The Kier molecular flexibility index (Phi) is 4.36. The van der Waals surface area contributed by atoms with Gasteiger partial charge in [0.05, 0.1) is 5.54 Å². The third kappa shape index (κ3) is 2.53. The normalized spacial score (nSPS) is 25.9. The van der Waals surface area contributed by atoms with Crippen LogP contribution in [-0.2, 0) is 4.79 Å². The second-order valence-electron chi connectivity index (χ2n) is 6.46. The Hall–Kier alpha value is -0.870. The van der Waals surface area contributed by atoms with Crippen molar-refractivity contribution in [2.75, 3.05) is 0 Å². The van der Waals surface area contributed by atoms with Gasteiger partial charge in [-0.05, 0) is 48.1 Å². The number of carbonyl (C=O) groups is 1. The van der Waals surface area contributed by atoms with Crippen molar-refractivity contribution in [1.29, 1.82) is 0 Å². The van der Waals surface area contributed by atoms with Gasteiger partial charge in [-0.1, -0.05) is 33.1 Å². The molecule has 0 radical (unpaired) electrons. The average Bonchev–Trinajstić information content (AvgIpc) is 3.21. The fraction of sp³-hybridized carbons (Fsp3) is 0.706. The maximum absolute atomic E-state index is 13.2. The van der Waals surface area contributed by atoms with Crippen molar-refractivity contribution >= 4 is 17.2 Å². The molecule has 1 spiro atoms. The molecule has 0 aromatic carbocycles. The number of thiophene rings is 1.